The number of rotatable bonds is 15. The van der Waals surface area contributed by atoms with Crippen LogP contribution in [0, 0.1) is 0 Å². The van der Waals surface area contributed by atoms with E-state index >= 15 is 0 Å². The van der Waals surface area contributed by atoms with Crippen molar-refractivity contribution in [1.82, 2.24) is 0 Å². The molecule has 57 heavy (non-hydrogen) atoms. The molecule has 4 aromatic rings. The van der Waals surface area contributed by atoms with Crippen molar-refractivity contribution in [2.24, 2.45) is 0 Å². The Kier molecular flexibility index (Phi) is 12.6. The smallest absolute Gasteiger partial charge is 0.190 e. The van der Waals surface area contributed by atoms with Crippen molar-refractivity contribution in [3.63, 3.8) is 0 Å². The zero-order valence-corrected chi connectivity index (χ0v) is 33.1. The Balaban J connectivity index is 1.12. The van der Waals surface area contributed by atoms with Crippen molar-refractivity contribution < 1.29 is 47.4 Å². The Bertz CT molecular complexity index is 1860. The fourth-order valence-electron chi connectivity index (χ4n) is 8.00. The van der Waals surface area contributed by atoms with Crippen molar-refractivity contribution in [3.05, 3.63) is 156 Å². The fourth-order valence-corrected chi connectivity index (χ4v) is 8.00. The van der Waals surface area contributed by atoms with E-state index in [1.807, 2.05) is 125 Å². The average Bonchev–Trinajstić information content (AvgIpc) is 3.73. The lowest BCUT2D eigenvalue weighted by Gasteiger charge is -2.46. The number of benzene rings is 4. The van der Waals surface area contributed by atoms with E-state index in [2.05, 4.69) is 36.4 Å². The summed E-state index contributed by atoms with van der Waals surface area (Å²) in [5.41, 5.74) is 4.17. The van der Waals surface area contributed by atoms with Gasteiger partial charge in [-0.15, -0.1) is 0 Å². The van der Waals surface area contributed by atoms with Crippen LogP contribution in [-0.4, -0.2) is 79.4 Å². The molecule has 0 N–H and O–H groups in total. The quantitative estimate of drug-likeness (QED) is 0.112. The highest BCUT2D eigenvalue weighted by atomic mass is 16.9. The van der Waals surface area contributed by atoms with E-state index in [-0.39, 0.29) is 6.61 Å². The van der Waals surface area contributed by atoms with E-state index in [1.165, 1.54) is 0 Å². The molecule has 0 bridgehead atoms. The van der Waals surface area contributed by atoms with Crippen molar-refractivity contribution in [2.45, 2.75) is 127 Å². The van der Waals surface area contributed by atoms with E-state index in [0.717, 1.165) is 22.3 Å². The van der Waals surface area contributed by atoms with Crippen molar-refractivity contribution >= 4 is 0 Å². The lowest BCUT2D eigenvalue weighted by atomic mass is 9.92. The molecule has 0 amide bonds. The second-order valence-corrected chi connectivity index (χ2v) is 15.9. The molecule has 10 nitrogen and oxygen atoms in total. The molecule has 10 atom stereocenters. The maximum atomic E-state index is 7.05. The van der Waals surface area contributed by atoms with Crippen LogP contribution in [0.25, 0.3) is 0 Å². The van der Waals surface area contributed by atoms with Gasteiger partial charge in [-0.2, -0.15) is 0 Å². The third-order valence-electron chi connectivity index (χ3n) is 10.6. The highest BCUT2D eigenvalue weighted by Gasteiger charge is 2.60. The van der Waals surface area contributed by atoms with Crippen LogP contribution in [0.1, 0.15) is 49.9 Å². The topological polar surface area (TPSA) is 92.3 Å². The molecular formula is C47H54O10. The zero-order valence-electron chi connectivity index (χ0n) is 33.1. The van der Waals surface area contributed by atoms with Gasteiger partial charge in [-0.1, -0.05) is 133 Å². The van der Waals surface area contributed by atoms with Gasteiger partial charge >= 0.3 is 0 Å². The number of hydrogen-bond acceptors (Lipinski definition) is 10. The fraction of sp³-hybridized carbons (Fsp3) is 0.447. The van der Waals surface area contributed by atoms with Crippen LogP contribution < -0.4 is 0 Å². The standard InChI is InChI=1S/C47H54O10/c1-46(2)54-41-37(53-45-44(43(41)55-46)56-47(3,4)57-45)26-25-36-39(49-28-33-19-11-6-12-20-33)42(51-30-35-23-15-8-16-24-35)40(50-29-34-21-13-7-14-22-34)38(52-36)31-48-27-32-17-9-5-10-18-32/h5-26,36-45H,27-31H2,1-4H3/t36-,37+,38+,39+,40+,41-,42+,43-,44+,45+/m0/s1. The van der Waals surface area contributed by atoms with Crippen molar-refractivity contribution in [3.8, 4) is 0 Å². The molecule has 0 aliphatic carbocycles. The molecule has 0 aromatic heterocycles. The lowest BCUT2D eigenvalue weighted by molar-refractivity contribution is -0.263. The van der Waals surface area contributed by atoms with Crippen LogP contribution in [-0.2, 0) is 73.8 Å². The number of ether oxygens (including phenoxy) is 10. The van der Waals surface area contributed by atoms with Gasteiger partial charge < -0.3 is 47.4 Å². The summed E-state index contributed by atoms with van der Waals surface area (Å²) in [6.45, 7) is 9.30. The van der Waals surface area contributed by atoms with Gasteiger partial charge in [0.25, 0.3) is 0 Å². The van der Waals surface area contributed by atoms with Crippen LogP contribution in [0.3, 0.4) is 0 Å². The normalized spacial score (nSPS) is 31.6. The molecule has 10 heteroatoms. The lowest BCUT2D eigenvalue weighted by Crippen LogP contribution is -2.61. The minimum absolute atomic E-state index is 0.259. The summed E-state index contributed by atoms with van der Waals surface area (Å²) in [4.78, 5) is 0. The van der Waals surface area contributed by atoms with Gasteiger partial charge in [0.1, 0.15) is 54.9 Å². The Hall–Kier alpha value is -3.78. The van der Waals surface area contributed by atoms with Gasteiger partial charge in [-0.25, -0.2) is 0 Å². The van der Waals surface area contributed by atoms with Crippen molar-refractivity contribution in [2.75, 3.05) is 6.61 Å². The summed E-state index contributed by atoms with van der Waals surface area (Å²) in [5.74, 6) is -1.66. The minimum atomic E-state index is -0.834. The summed E-state index contributed by atoms with van der Waals surface area (Å²) in [6.07, 6.45) is -1.28. The zero-order chi connectivity index (χ0) is 39.2. The molecule has 4 aromatic carbocycles. The predicted molar refractivity (Wildman–Crippen MR) is 211 cm³/mol. The Morgan fingerprint density at radius 2 is 0.895 bits per heavy atom. The second kappa shape index (κ2) is 18.0. The molecule has 4 fully saturated rings. The predicted octanol–water partition coefficient (Wildman–Crippen LogP) is 7.68. The molecule has 4 heterocycles. The first kappa shape index (κ1) is 40.0. The van der Waals surface area contributed by atoms with Crippen LogP contribution >= 0.6 is 0 Å². The van der Waals surface area contributed by atoms with Gasteiger partial charge in [-0.05, 0) is 49.9 Å². The SMILES string of the molecule is CC1(C)O[C@H]2[C@@H](O1)[C@@H](C=C[C@@H]1O[C@H](COCc3ccccc3)[C@@H](OCc3ccccc3)[C@H](OCc3ccccc3)[C@@H]1OCc1ccccc1)O[C@@H]1OC(C)(C)O[C@@H]12. The summed E-state index contributed by atoms with van der Waals surface area (Å²) in [7, 11) is 0. The first-order valence-electron chi connectivity index (χ1n) is 20.0. The molecule has 4 aliphatic rings. The van der Waals surface area contributed by atoms with Crippen LogP contribution in [0.15, 0.2) is 133 Å². The van der Waals surface area contributed by atoms with E-state index in [0.29, 0.717) is 26.4 Å². The highest BCUT2D eigenvalue weighted by molar-refractivity contribution is 5.18. The van der Waals surface area contributed by atoms with Crippen molar-refractivity contribution in [1.29, 1.82) is 0 Å². The summed E-state index contributed by atoms with van der Waals surface area (Å²) < 4.78 is 66.0. The number of fused-ring (bicyclic) bond motifs is 3. The first-order chi connectivity index (χ1) is 27.7. The van der Waals surface area contributed by atoms with E-state index in [9.17, 15) is 0 Å². The molecular weight excluding hydrogens is 725 g/mol. The largest absolute Gasteiger partial charge is 0.374 e. The van der Waals surface area contributed by atoms with Gasteiger partial charge in [-0.3, -0.25) is 0 Å². The van der Waals surface area contributed by atoms with Gasteiger partial charge in [0, 0.05) is 0 Å². The maximum Gasteiger partial charge on any atom is 0.190 e. The minimum Gasteiger partial charge on any atom is -0.374 e. The molecule has 302 valence electrons. The summed E-state index contributed by atoms with van der Waals surface area (Å²) in [5, 5.41) is 0. The van der Waals surface area contributed by atoms with Gasteiger partial charge in [0.2, 0.25) is 0 Å². The maximum absolute atomic E-state index is 7.05. The van der Waals surface area contributed by atoms with Gasteiger partial charge in [0.15, 0.2) is 17.9 Å². The Morgan fingerprint density at radius 1 is 0.456 bits per heavy atom. The summed E-state index contributed by atoms with van der Waals surface area (Å²) >= 11 is 0. The average molecular weight is 779 g/mol. The van der Waals surface area contributed by atoms with Crippen LogP contribution in [0.5, 0.6) is 0 Å². The monoisotopic (exact) mass is 778 g/mol. The molecule has 0 unspecified atom stereocenters. The van der Waals surface area contributed by atoms with Gasteiger partial charge in [0.05, 0.1) is 33.0 Å². The van der Waals surface area contributed by atoms with E-state index in [4.69, 9.17) is 47.4 Å². The van der Waals surface area contributed by atoms with Crippen LogP contribution in [0.2, 0.25) is 0 Å². The van der Waals surface area contributed by atoms with Crippen LogP contribution in [0.4, 0.5) is 0 Å². The Morgan fingerprint density at radius 3 is 1.46 bits per heavy atom. The van der Waals surface area contributed by atoms with E-state index in [1.54, 1.807) is 0 Å². The summed E-state index contributed by atoms with van der Waals surface area (Å²) in [6, 6.07) is 40.5. The molecule has 4 saturated heterocycles. The molecule has 8 rings (SSSR count). The molecule has 0 saturated carbocycles. The third-order valence-corrected chi connectivity index (χ3v) is 10.6. The molecule has 0 spiro atoms. The molecule has 4 aliphatic heterocycles. The van der Waals surface area contributed by atoms with E-state index < -0.39 is 72.8 Å². The first-order valence-corrected chi connectivity index (χ1v) is 20.0. The highest BCUT2D eigenvalue weighted by Crippen LogP contribution is 2.44. The Labute approximate surface area is 335 Å². The second-order valence-electron chi connectivity index (χ2n) is 15.9. The third kappa shape index (κ3) is 10.1. The number of hydrogen-bond donors (Lipinski definition) is 0. The molecule has 0 radical (unpaired) electrons.